The van der Waals surface area contributed by atoms with Crippen LogP contribution in [0.15, 0.2) is 42.5 Å². The van der Waals surface area contributed by atoms with Crippen LogP contribution in [0.2, 0.25) is 10.0 Å². The van der Waals surface area contributed by atoms with Crippen molar-refractivity contribution in [1.29, 1.82) is 0 Å². The van der Waals surface area contributed by atoms with Gasteiger partial charge in [0.05, 0.1) is 17.8 Å². The summed E-state index contributed by atoms with van der Waals surface area (Å²) >= 11 is 11.8. The first-order chi connectivity index (χ1) is 11.4. The lowest BCUT2D eigenvalue weighted by Crippen LogP contribution is -2.04. The van der Waals surface area contributed by atoms with Crippen LogP contribution in [0.1, 0.15) is 11.3 Å². The zero-order chi connectivity index (χ0) is 17.3. The molecule has 0 bridgehead atoms. The second-order valence-corrected chi connectivity index (χ2v) is 5.98. The van der Waals surface area contributed by atoms with Gasteiger partial charge in [-0.2, -0.15) is 5.10 Å². The number of aliphatic carboxylic acids is 1. The molecule has 2 aromatic carbocycles. The Morgan fingerprint density at radius 2 is 1.92 bits per heavy atom. The number of aromatic nitrogens is 2. The Morgan fingerprint density at radius 3 is 2.62 bits per heavy atom. The number of rotatable bonds is 4. The Labute approximate surface area is 146 Å². The molecule has 0 radical (unpaired) electrons. The van der Waals surface area contributed by atoms with E-state index in [9.17, 15) is 9.18 Å². The number of carboxylic acid groups (broad SMARTS) is 1. The van der Waals surface area contributed by atoms with Crippen molar-refractivity contribution >= 4 is 46.2 Å². The molecule has 7 heteroatoms. The van der Waals surface area contributed by atoms with Crippen LogP contribution in [0.5, 0.6) is 0 Å². The largest absolute Gasteiger partial charge is 0.478 e. The van der Waals surface area contributed by atoms with Gasteiger partial charge >= 0.3 is 5.97 Å². The molecule has 1 N–H and O–H groups in total. The maximum absolute atomic E-state index is 14.0. The van der Waals surface area contributed by atoms with Crippen molar-refractivity contribution in [2.45, 2.75) is 6.54 Å². The molecule has 0 aliphatic rings. The number of halogens is 3. The van der Waals surface area contributed by atoms with E-state index >= 15 is 0 Å². The molecule has 3 aromatic rings. The Balaban J connectivity index is 2.09. The number of carbonyl (C=O) groups is 1. The van der Waals surface area contributed by atoms with Gasteiger partial charge in [-0.3, -0.25) is 4.68 Å². The van der Waals surface area contributed by atoms with Gasteiger partial charge in [0.2, 0.25) is 0 Å². The first-order valence-corrected chi connectivity index (χ1v) is 7.70. The summed E-state index contributed by atoms with van der Waals surface area (Å²) in [6, 6.07) is 9.59. The molecule has 122 valence electrons. The van der Waals surface area contributed by atoms with E-state index < -0.39 is 11.8 Å². The van der Waals surface area contributed by atoms with Gasteiger partial charge < -0.3 is 5.11 Å². The maximum Gasteiger partial charge on any atom is 0.328 e. The number of nitrogens with zero attached hydrogens (tertiary/aromatic N) is 2. The smallest absolute Gasteiger partial charge is 0.328 e. The minimum Gasteiger partial charge on any atom is -0.478 e. The molecule has 0 atom stereocenters. The average molecular weight is 365 g/mol. The van der Waals surface area contributed by atoms with Gasteiger partial charge in [-0.1, -0.05) is 29.3 Å². The van der Waals surface area contributed by atoms with E-state index in [4.69, 9.17) is 28.3 Å². The highest BCUT2D eigenvalue weighted by atomic mass is 35.5. The lowest BCUT2D eigenvalue weighted by Gasteiger charge is -2.05. The third-order valence-electron chi connectivity index (χ3n) is 3.46. The molecule has 3 rings (SSSR count). The van der Waals surface area contributed by atoms with Crippen molar-refractivity contribution in [3.05, 3.63) is 69.6 Å². The standard InChI is InChI=1S/C17H11Cl2FN2O2/c18-11-3-5-16-13(7-11)15(4-6-17(23)24)21-22(16)9-10-1-2-12(19)8-14(10)20/h1-8H,9H2,(H,23,24). The Bertz CT molecular complexity index is 967. The van der Waals surface area contributed by atoms with Gasteiger partial charge in [0.15, 0.2) is 0 Å². The molecule has 1 aromatic heterocycles. The van der Waals surface area contributed by atoms with Gasteiger partial charge in [0.1, 0.15) is 5.82 Å². The molecule has 0 aliphatic carbocycles. The minimum absolute atomic E-state index is 0.183. The van der Waals surface area contributed by atoms with Crippen molar-refractivity contribution in [2.75, 3.05) is 0 Å². The van der Waals surface area contributed by atoms with Crippen molar-refractivity contribution < 1.29 is 14.3 Å². The molecule has 0 unspecified atom stereocenters. The number of hydrogen-bond acceptors (Lipinski definition) is 2. The summed E-state index contributed by atoms with van der Waals surface area (Å²) in [5.41, 5.74) is 1.59. The maximum atomic E-state index is 14.0. The Kier molecular flexibility index (Phi) is 4.55. The van der Waals surface area contributed by atoms with E-state index in [1.165, 1.54) is 12.1 Å². The normalized spacial score (nSPS) is 11.5. The number of carboxylic acids is 1. The monoisotopic (exact) mass is 364 g/mol. The fourth-order valence-corrected chi connectivity index (χ4v) is 2.71. The zero-order valence-corrected chi connectivity index (χ0v) is 13.7. The number of benzene rings is 2. The minimum atomic E-state index is -1.08. The molecule has 1 heterocycles. The van der Waals surface area contributed by atoms with Crippen LogP contribution in [-0.4, -0.2) is 20.9 Å². The predicted molar refractivity (Wildman–Crippen MR) is 91.9 cm³/mol. The van der Waals surface area contributed by atoms with E-state index in [1.54, 1.807) is 35.0 Å². The first kappa shape index (κ1) is 16.5. The van der Waals surface area contributed by atoms with E-state index in [0.29, 0.717) is 26.7 Å². The Hall–Kier alpha value is -2.37. The quantitative estimate of drug-likeness (QED) is 0.686. The summed E-state index contributed by atoms with van der Waals surface area (Å²) in [6.45, 7) is 0.183. The SMILES string of the molecule is O=C(O)C=Cc1nn(Cc2ccc(Cl)cc2F)c2ccc(Cl)cc12. The third-order valence-corrected chi connectivity index (χ3v) is 3.93. The fraction of sp³-hybridized carbons (Fsp3) is 0.0588. The van der Waals surface area contributed by atoms with Crippen molar-refractivity contribution in [3.8, 4) is 0 Å². The van der Waals surface area contributed by atoms with Gasteiger partial charge in [0.25, 0.3) is 0 Å². The summed E-state index contributed by atoms with van der Waals surface area (Å²) in [4.78, 5) is 10.7. The van der Waals surface area contributed by atoms with E-state index in [-0.39, 0.29) is 6.54 Å². The number of fused-ring (bicyclic) bond motifs is 1. The molecular formula is C17H11Cl2FN2O2. The third kappa shape index (κ3) is 3.42. The van der Waals surface area contributed by atoms with Crippen molar-refractivity contribution in [3.63, 3.8) is 0 Å². The van der Waals surface area contributed by atoms with Crippen LogP contribution in [0.25, 0.3) is 17.0 Å². The lowest BCUT2D eigenvalue weighted by molar-refractivity contribution is -0.131. The molecule has 0 fully saturated rings. The summed E-state index contributed by atoms with van der Waals surface area (Å²) in [5.74, 6) is -1.51. The topological polar surface area (TPSA) is 55.1 Å². The van der Waals surface area contributed by atoms with Gasteiger partial charge in [-0.15, -0.1) is 0 Å². The van der Waals surface area contributed by atoms with Crippen LogP contribution < -0.4 is 0 Å². The summed E-state index contributed by atoms with van der Waals surface area (Å²) < 4.78 is 15.6. The zero-order valence-electron chi connectivity index (χ0n) is 12.2. The highest BCUT2D eigenvalue weighted by Gasteiger charge is 2.12. The van der Waals surface area contributed by atoms with Gasteiger partial charge in [-0.25, -0.2) is 9.18 Å². The van der Waals surface area contributed by atoms with E-state index in [2.05, 4.69) is 5.10 Å². The molecular weight excluding hydrogens is 354 g/mol. The van der Waals surface area contributed by atoms with E-state index in [1.807, 2.05) is 0 Å². The van der Waals surface area contributed by atoms with Crippen LogP contribution in [0.4, 0.5) is 4.39 Å². The lowest BCUT2D eigenvalue weighted by atomic mass is 10.2. The van der Waals surface area contributed by atoms with Crippen LogP contribution in [0, 0.1) is 5.82 Å². The molecule has 0 aliphatic heterocycles. The average Bonchev–Trinajstić information content (AvgIpc) is 2.85. The molecule has 0 amide bonds. The van der Waals surface area contributed by atoms with Gasteiger partial charge in [-0.05, 0) is 36.4 Å². The summed E-state index contributed by atoms with van der Waals surface area (Å²) in [7, 11) is 0. The van der Waals surface area contributed by atoms with E-state index in [0.717, 1.165) is 11.6 Å². The number of hydrogen-bond donors (Lipinski definition) is 1. The van der Waals surface area contributed by atoms with Crippen LogP contribution >= 0.6 is 23.2 Å². The fourth-order valence-electron chi connectivity index (χ4n) is 2.38. The van der Waals surface area contributed by atoms with Crippen LogP contribution in [0.3, 0.4) is 0 Å². The molecule has 24 heavy (non-hydrogen) atoms. The van der Waals surface area contributed by atoms with Crippen molar-refractivity contribution in [1.82, 2.24) is 9.78 Å². The Morgan fingerprint density at radius 1 is 1.21 bits per heavy atom. The highest BCUT2D eigenvalue weighted by molar-refractivity contribution is 6.31. The molecule has 4 nitrogen and oxygen atoms in total. The second kappa shape index (κ2) is 6.63. The highest BCUT2D eigenvalue weighted by Crippen LogP contribution is 2.25. The van der Waals surface area contributed by atoms with Crippen molar-refractivity contribution in [2.24, 2.45) is 0 Å². The summed E-state index contributed by atoms with van der Waals surface area (Å²) in [5, 5.41) is 14.7. The van der Waals surface area contributed by atoms with Crippen LogP contribution in [-0.2, 0) is 11.3 Å². The second-order valence-electron chi connectivity index (χ2n) is 5.11. The molecule has 0 saturated carbocycles. The summed E-state index contributed by atoms with van der Waals surface area (Å²) in [6.07, 6.45) is 2.38. The molecule has 0 spiro atoms. The van der Waals surface area contributed by atoms with Gasteiger partial charge in [0, 0.05) is 27.1 Å². The predicted octanol–water partition coefficient (Wildman–Crippen LogP) is 4.63. The first-order valence-electron chi connectivity index (χ1n) is 6.95. The molecule has 0 saturated heterocycles.